The first-order valence-electron chi connectivity index (χ1n) is 7.82. The van der Waals surface area contributed by atoms with Crippen LogP contribution in [0.5, 0.6) is 0 Å². The standard InChI is InChI=1S/C20H20N2O2/c1-24-20(23)10-14-6-8-15(9-7-14)13-22-19-12-17-5-3-2-4-16(17)11-18(19)21/h2-9,11-12,22H,10,13,21H2,1H3. The normalized spacial score (nSPS) is 10.5. The smallest absolute Gasteiger partial charge is 0.309 e. The number of hydrogen-bond donors (Lipinski definition) is 2. The van der Waals surface area contributed by atoms with Gasteiger partial charge in [0.2, 0.25) is 0 Å². The first-order valence-corrected chi connectivity index (χ1v) is 7.82. The molecule has 0 radical (unpaired) electrons. The van der Waals surface area contributed by atoms with Crippen LogP contribution in [0.15, 0.2) is 60.7 Å². The zero-order valence-electron chi connectivity index (χ0n) is 13.6. The van der Waals surface area contributed by atoms with E-state index in [0.29, 0.717) is 13.0 Å². The molecule has 0 fully saturated rings. The third-order valence-electron chi connectivity index (χ3n) is 4.00. The minimum Gasteiger partial charge on any atom is -0.469 e. The quantitative estimate of drug-likeness (QED) is 0.555. The van der Waals surface area contributed by atoms with Gasteiger partial charge in [0.25, 0.3) is 0 Å². The van der Waals surface area contributed by atoms with E-state index in [1.54, 1.807) is 0 Å². The van der Waals surface area contributed by atoms with Gasteiger partial charge in [-0.3, -0.25) is 4.79 Å². The lowest BCUT2D eigenvalue weighted by molar-refractivity contribution is -0.139. The van der Waals surface area contributed by atoms with Crippen molar-refractivity contribution < 1.29 is 9.53 Å². The summed E-state index contributed by atoms with van der Waals surface area (Å²) in [6.07, 6.45) is 0.293. The van der Waals surface area contributed by atoms with Gasteiger partial charge < -0.3 is 15.8 Å². The van der Waals surface area contributed by atoms with Crippen LogP contribution >= 0.6 is 0 Å². The lowest BCUT2D eigenvalue weighted by atomic mass is 10.1. The summed E-state index contributed by atoms with van der Waals surface area (Å²) in [5.41, 5.74) is 9.85. The lowest BCUT2D eigenvalue weighted by Gasteiger charge is -2.11. The van der Waals surface area contributed by atoms with Crippen molar-refractivity contribution in [2.24, 2.45) is 0 Å². The Morgan fingerprint density at radius 2 is 1.62 bits per heavy atom. The molecule has 0 saturated carbocycles. The molecule has 24 heavy (non-hydrogen) atoms. The average Bonchev–Trinajstić information content (AvgIpc) is 2.61. The number of benzene rings is 3. The number of nitrogens with two attached hydrogens (primary N) is 1. The number of carbonyl (C=O) groups excluding carboxylic acids is 1. The van der Waals surface area contributed by atoms with Crippen LogP contribution in [0, 0.1) is 0 Å². The first kappa shape index (κ1) is 15.9. The number of rotatable bonds is 5. The van der Waals surface area contributed by atoms with Crippen molar-refractivity contribution >= 4 is 28.1 Å². The maximum absolute atomic E-state index is 11.3. The van der Waals surface area contributed by atoms with Crippen molar-refractivity contribution in [2.75, 3.05) is 18.2 Å². The van der Waals surface area contributed by atoms with E-state index in [1.165, 1.54) is 7.11 Å². The highest BCUT2D eigenvalue weighted by Gasteiger charge is 2.04. The predicted molar refractivity (Wildman–Crippen MR) is 97.8 cm³/mol. The number of carbonyl (C=O) groups is 1. The molecule has 3 rings (SSSR count). The molecule has 122 valence electrons. The van der Waals surface area contributed by atoms with Gasteiger partial charge in [-0.25, -0.2) is 0 Å². The number of anilines is 2. The van der Waals surface area contributed by atoms with Crippen LogP contribution in [0.2, 0.25) is 0 Å². The molecule has 0 amide bonds. The van der Waals surface area contributed by atoms with Gasteiger partial charge in [-0.1, -0.05) is 48.5 Å². The second-order valence-electron chi connectivity index (χ2n) is 5.71. The van der Waals surface area contributed by atoms with Gasteiger partial charge in [0.1, 0.15) is 0 Å². The van der Waals surface area contributed by atoms with Gasteiger partial charge in [-0.2, -0.15) is 0 Å². The summed E-state index contributed by atoms with van der Waals surface area (Å²) in [5, 5.41) is 5.66. The van der Waals surface area contributed by atoms with E-state index in [9.17, 15) is 4.79 Å². The summed E-state index contributed by atoms with van der Waals surface area (Å²) >= 11 is 0. The zero-order chi connectivity index (χ0) is 16.9. The maximum Gasteiger partial charge on any atom is 0.309 e. The third kappa shape index (κ3) is 3.66. The molecule has 0 heterocycles. The van der Waals surface area contributed by atoms with Crippen molar-refractivity contribution in [3.63, 3.8) is 0 Å². The topological polar surface area (TPSA) is 64.3 Å². The van der Waals surface area contributed by atoms with Crippen LogP contribution in [0.4, 0.5) is 11.4 Å². The third-order valence-corrected chi connectivity index (χ3v) is 4.00. The predicted octanol–water partition coefficient (Wildman–Crippen LogP) is 3.75. The van der Waals surface area contributed by atoms with Gasteiger partial charge in [-0.05, 0) is 34.0 Å². The van der Waals surface area contributed by atoms with Crippen molar-refractivity contribution in [1.29, 1.82) is 0 Å². The zero-order valence-corrected chi connectivity index (χ0v) is 13.6. The van der Waals surface area contributed by atoms with E-state index in [-0.39, 0.29) is 5.97 Å². The minimum absolute atomic E-state index is 0.232. The Hall–Kier alpha value is -3.01. The molecule has 0 atom stereocenters. The molecule has 3 N–H and O–H groups in total. The molecule has 4 nitrogen and oxygen atoms in total. The maximum atomic E-state index is 11.3. The molecule has 0 bridgehead atoms. The van der Waals surface area contributed by atoms with Crippen LogP contribution in [-0.2, 0) is 22.5 Å². The molecule has 0 aliphatic rings. The molecular formula is C20H20N2O2. The van der Waals surface area contributed by atoms with E-state index in [2.05, 4.69) is 28.3 Å². The summed E-state index contributed by atoms with van der Waals surface area (Å²) in [6, 6.07) is 20.1. The minimum atomic E-state index is -0.232. The fourth-order valence-electron chi connectivity index (χ4n) is 2.62. The summed E-state index contributed by atoms with van der Waals surface area (Å²) in [6.45, 7) is 0.668. The van der Waals surface area contributed by atoms with Crippen molar-refractivity contribution in [3.8, 4) is 0 Å². The number of methoxy groups -OCH3 is 1. The molecule has 0 saturated heterocycles. The number of nitrogens with one attached hydrogen (secondary N) is 1. The Kier molecular flexibility index (Phi) is 4.66. The van der Waals surface area contributed by atoms with Crippen LogP contribution in [0.3, 0.4) is 0 Å². The number of hydrogen-bond acceptors (Lipinski definition) is 4. The fraction of sp³-hybridized carbons (Fsp3) is 0.150. The van der Waals surface area contributed by atoms with E-state index in [1.807, 2.05) is 42.5 Å². The van der Waals surface area contributed by atoms with Crippen LogP contribution in [0.1, 0.15) is 11.1 Å². The highest BCUT2D eigenvalue weighted by atomic mass is 16.5. The average molecular weight is 320 g/mol. The van der Waals surface area contributed by atoms with Crippen LogP contribution in [-0.4, -0.2) is 13.1 Å². The summed E-state index contributed by atoms with van der Waals surface area (Å²) < 4.78 is 4.67. The van der Waals surface area contributed by atoms with Crippen LogP contribution < -0.4 is 11.1 Å². The highest BCUT2D eigenvalue weighted by molar-refractivity contribution is 5.91. The Labute approximate surface area is 141 Å². The number of esters is 1. The van der Waals surface area contributed by atoms with Gasteiger partial charge in [0.15, 0.2) is 0 Å². The molecule has 0 aliphatic heterocycles. The molecule has 3 aromatic carbocycles. The second-order valence-corrected chi connectivity index (χ2v) is 5.71. The first-order chi connectivity index (χ1) is 11.7. The lowest BCUT2D eigenvalue weighted by Crippen LogP contribution is -2.05. The van der Waals surface area contributed by atoms with Gasteiger partial charge >= 0.3 is 5.97 Å². The SMILES string of the molecule is COC(=O)Cc1ccc(CNc2cc3ccccc3cc2N)cc1. The molecule has 0 aromatic heterocycles. The van der Waals surface area contributed by atoms with E-state index >= 15 is 0 Å². The van der Waals surface area contributed by atoms with E-state index in [4.69, 9.17) is 5.73 Å². The Morgan fingerprint density at radius 3 is 2.29 bits per heavy atom. The van der Waals surface area contributed by atoms with Crippen LogP contribution in [0.25, 0.3) is 10.8 Å². The Bertz CT molecular complexity index is 857. The summed E-state index contributed by atoms with van der Waals surface area (Å²) in [5.74, 6) is -0.232. The summed E-state index contributed by atoms with van der Waals surface area (Å²) in [4.78, 5) is 11.3. The largest absolute Gasteiger partial charge is 0.469 e. The number of fused-ring (bicyclic) bond motifs is 1. The van der Waals surface area contributed by atoms with E-state index < -0.39 is 0 Å². The highest BCUT2D eigenvalue weighted by Crippen LogP contribution is 2.26. The molecule has 0 aliphatic carbocycles. The van der Waals surface area contributed by atoms with Crippen molar-refractivity contribution in [3.05, 3.63) is 71.8 Å². The molecule has 4 heteroatoms. The Morgan fingerprint density at radius 1 is 1.00 bits per heavy atom. The van der Waals surface area contributed by atoms with Gasteiger partial charge in [0, 0.05) is 6.54 Å². The van der Waals surface area contributed by atoms with Crippen molar-refractivity contribution in [2.45, 2.75) is 13.0 Å². The Balaban J connectivity index is 1.69. The monoisotopic (exact) mass is 320 g/mol. The molecule has 3 aromatic rings. The molecular weight excluding hydrogens is 300 g/mol. The second kappa shape index (κ2) is 7.04. The van der Waals surface area contributed by atoms with Gasteiger partial charge in [-0.15, -0.1) is 0 Å². The molecule has 0 unspecified atom stereocenters. The van der Waals surface area contributed by atoms with Gasteiger partial charge in [0.05, 0.1) is 24.9 Å². The molecule has 0 spiro atoms. The number of nitrogen functional groups attached to an aromatic ring is 1. The van der Waals surface area contributed by atoms with E-state index in [0.717, 1.165) is 33.3 Å². The fourth-order valence-corrected chi connectivity index (χ4v) is 2.62. The van der Waals surface area contributed by atoms with Crippen molar-refractivity contribution in [1.82, 2.24) is 0 Å². The summed E-state index contributed by atoms with van der Waals surface area (Å²) in [7, 11) is 1.40. The number of ether oxygens (including phenoxy) is 1.